The Balaban J connectivity index is 1.84. The zero-order valence-electron chi connectivity index (χ0n) is 11.6. The van der Waals surface area contributed by atoms with Crippen molar-refractivity contribution < 1.29 is 4.74 Å². The number of ether oxygens (including phenoxy) is 1. The van der Waals surface area contributed by atoms with Crippen molar-refractivity contribution in [2.75, 3.05) is 20.3 Å². The predicted octanol–water partition coefficient (Wildman–Crippen LogP) is 2.72. The lowest BCUT2D eigenvalue weighted by molar-refractivity contribution is -0.0221. The van der Waals surface area contributed by atoms with E-state index in [4.69, 9.17) is 4.74 Å². The van der Waals surface area contributed by atoms with Gasteiger partial charge in [0.2, 0.25) is 0 Å². The summed E-state index contributed by atoms with van der Waals surface area (Å²) in [6.45, 7) is 1.65. The number of likely N-dealkylation sites (N-methyl/N-ethyl adjacent to an activating group) is 1. The van der Waals surface area contributed by atoms with Gasteiger partial charge in [-0.2, -0.15) is 0 Å². The summed E-state index contributed by atoms with van der Waals surface area (Å²) < 4.78 is 5.68. The van der Waals surface area contributed by atoms with Gasteiger partial charge >= 0.3 is 0 Å². The largest absolute Gasteiger partial charge is 0.378 e. The van der Waals surface area contributed by atoms with Crippen molar-refractivity contribution >= 4 is 16.5 Å². The first-order valence-corrected chi connectivity index (χ1v) is 7.17. The molecule has 0 amide bonds. The van der Waals surface area contributed by atoms with E-state index >= 15 is 0 Å². The molecule has 20 heavy (non-hydrogen) atoms. The van der Waals surface area contributed by atoms with Crippen molar-refractivity contribution in [1.82, 2.24) is 9.88 Å². The second-order valence-electron chi connectivity index (χ2n) is 5.70. The third-order valence-electron chi connectivity index (χ3n) is 4.54. The Morgan fingerprint density at radius 3 is 3.00 bits per heavy atom. The molecule has 3 heteroatoms. The lowest BCUT2D eigenvalue weighted by atomic mass is 9.89. The summed E-state index contributed by atoms with van der Waals surface area (Å²) in [5.41, 5.74) is 3.85. The number of pyridine rings is 1. The van der Waals surface area contributed by atoms with Crippen LogP contribution in [0.1, 0.15) is 12.0 Å². The van der Waals surface area contributed by atoms with E-state index in [1.165, 1.54) is 16.5 Å². The van der Waals surface area contributed by atoms with Gasteiger partial charge in [0.25, 0.3) is 0 Å². The molecule has 102 valence electrons. The van der Waals surface area contributed by atoms with Crippen LogP contribution in [0, 0.1) is 0 Å². The molecule has 0 spiro atoms. The van der Waals surface area contributed by atoms with E-state index in [2.05, 4.69) is 47.3 Å². The summed E-state index contributed by atoms with van der Waals surface area (Å²) >= 11 is 0. The maximum absolute atomic E-state index is 5.68. The summed E-state index contributed by atoms with van der Waals surface area (Å²) in [6, 6.07) is 11.4. The van der Waals surface area contributed by atoms with Gasteiger partial charge in [0.15, 0.2) is 0 Å². The van der Waals surface area contributed by atoms with E-state index in [1.54, 1.807) is 0 Å². The molecule has 2 aliphatic rings. The predicted molar refractivity (Wildman–Crippen MR) is 80.5 cm³/mol. The number of hydrogen-bond donors (Lipinski definition) is 0. The zero-order valence-corrected chi connectivity index (χ0v) is 11.6. The molecule has 4 rings (SSSR count). The Bertz CT molecular complexity index is 674. The van der Waals surface area contributed by atoms with Crippen LogP contribution in [0.25, 0.3) is 16.5 Å². The van der Waals surface area contributed by atoms with Crippen LogP contribution in [0.5, 0.6) is 0 Å². The molecule has 1 aromatic heterocycles. The smallest absolute Gasteiger partial charge is 0.0708 e. The summed E-state index contributed by atoms with van der Waals surface area (Å²) in [7, 11) is 2.20. The lowest BCUT2D eigenvalue weighted by Gasteiger charge is -2.42. The molecule has 3 heterocycles. The third-order valence-corrected chi connectivity index (χ3v) is 4.54. The number of fused-ring (bicyclic) bond motifs is 3. The van der Waals surface area contributed by atoms with E-state index in [0.29, 0.717) is 12.1 Å². The molecule has 1 aromatic carbocycles. The highest BCUT2D eigenvalue weighted by molar-refractivity contribution is 5.91. The molecular formula is C17H18N2O. The molecule has 2 bridgehead atoms. The molecule has 0 saturated carbocycles. The molecular weight excluding hydrogens is 248 g/mol. The van der Waals surface area contributed by atoms with Gasteiger partial charge < -0.3 is 4.74 Å². The Morgan fingerprint density at radius 2 is 2.10 bits per heavy atom. The lowest BCUT2D eigenvalue weighted by Crippen LogP contribution is -2.51. The maximum atomic E-state index is 5.68. The van der Waals surface area contributed by atoms with Gasteiger partial charge in [-0.25, -0.2) is 0 Å². The third kappa shape index (κ3) is 1.86. The van der Waals surface area contributed by atoms with Crippen LogP contribution in [-0.2, 0) is 4.74 Å². The van der Waals surface area contributed by atoms with Crippen molar-refractivity contribution in [3.8, 4) is 0 Å². The summed E-state index contributed by atoms with van der Waals surface area (Å²) in [5, 5.41) is 1.25. The summed E-state index contributed by atoms with van der Waals surface area (Å²) in [4.78, 5) is 6.90. The number of aromatic nitrogens is 1. The van der Waals surface area contributed by atoms with E-state index in [-0.39, 0.29) is 0 Å². The van der Waals surface area contributed by atoms with Crippen molar-refractivity contribution in [3.05, 3.63) is 48.2 Å². The number of benzene rings is 1. The van der Waals surface area contributed by atoms with Gasteiger partial charge in [-0.05, 0) is 36.7 Å². The fourth-order valence-electron chi connectivity index (χ4n) is 3.33. The first-order chi connectivity index (χ1) is 9.83. The van der Waals surface area contributed by atoms with Gasteiger partial charge in [-0.1, -0.05) is 24.3 Å². The Labute approximate surface area is 118 Å². The first kappa shape index (κ1) is 12.1. The van der Waals surface area contributed by atoms with Gasteiger partial charge in [-0.15, -0.1) is 0 Å². The Hall–Kier alpha value is -1.71. The minimum Gasteiger partial charge on any atom is -0.378 e. The molecule has 2 atom stereocenters. The molecule has 2 aromatic rings. The average molecular weight is 266 g/mol. The number of rotatable bonds is 1. The van der Waals surface area contributed by atoms with Crippen molar-refractivity contribution in [3.63, 3.8) is 0 Å². The normalized spacial score (nSPS) is 26.6. The van der Waals surface area contributed by atoms with E-state index in [1.807, 2.05) is 12.3 Å². The van der Waals surface area contributed by atoms with Crippen molar-refractivity contribution in [1.29, 1.82) is 0 Å². The van der Waals surface area contributed by atoms with E-state index in [0.717, 1.165) is 25.2 Å². The minimum atomic E-state index is 0.407. The molecule has 1 fully saturated rings. The second-order valence-corrected chi connectivity index (χ2v) is 5.70. The Morgan fingerprint density at radius 1 is 1.20 bits per heavy atom. The average Bonchev–Trinajstić information content (AvgIpc) is 2.46. The maximum Gasteiger partial charge on any atom is 0.0708 e. The molecule has 2 aliphatic heterocycles. The number of para-hydroxylation sites is 1. The minimum absolute atomic E-state index is 0.407. The molecule has 1 saturated heterocycles. The van der Waals surface area contributed by atoms with Gasteiger partial charge in [-0.3, -0.25) is 9.88 Å². The van der Waals surface area contributed by atoms with Crippen molar-refractivity contribution in [2.45, 2.75) is 18.5 Å². The number of morpholine rings is 1. The Kier molecular flexibility index (Phi) is 2.83. The van der Waals surface area contributed by atoms with Gasteiger partial charge in [0.05, 0.1) is 24.8 Å². The highest BCUT2D eigenvalue weighted by Gasteiger charge is 2.32. The van der Waals surface area contributed by atoms with Crippen LogP contribution in [-0.4, -0.2) is 42.2 Å². The first-order valence-electron chi connectivity index (χ1n) is 7.17. The SMILES string of the molecule is CN1C2C=C(c3ccnc4ccccc34)CC1COC2. The molecule has 3 nitrogen and oxygen atoms in total. The molecule has 0 radical (unpaired) electrons. The second kappa shape index (κ2) is 4.69. The van der Waals surface area contributed by atoms with Crippen LogP contribution >= 0.6 is 0 Å². The van der Waals surface area contributed by atoms with Crippen molar-refractivity contribution in [2.24, 2.45) is 0 Å². The van der Waals surface area contributed by atoms with Crippen LogP contribution in [0.2, 0.25) is 0 Å². The quantitative estimate of drug-likeness (QED) is 0.793. The van der Waals surface area contributed by atoms with Crippen LogP contribution in [0.3, 0.4) is 0 Å². The zero-order chi connectivity index (χ0) is 13.5. The van der Waals surface area contributed by atoms with E-state index in [9.17, 15) is 0 Å². The molecule has 0 N–H and O–H groups in total. The highest BCUT2D eigenvalue weighted by atomic mass is 16.5. The van der Waals surface area contributed by atoms with Crippen LogP contribution in [0.15, 0.2) is 42.6 Å². The fourth-order valence-corrected chi connectivity index (χ4v) is 3.33. The van der Waals surface area contributed by atoms with Crippen LogP contribution in [0.4, 0.5) is 0 Å². The standard InChI is InChI=1S/C17H18N2O/c1-19-13-8-12(9-14(19)11-20-10-13)15-6-7-18-17-5-3-2-4-16(15)17/h2-8,13-14H,9-11H2,1H3. The molecule has 0 aliphatic carbocycles. The monoisotopic (exact) mass is 266 g/mol. The number of nitrogens with zero attached hydrogens (tertiary/aromatic N) is 2. The highest BCUT2D eigenvalue weighted by Crippen LogP contribution is 2.34. The van der Waals surface area contributed by atoms with Crippen LogP contribution < -0.4 is 0 Å². The number of hydrogen-bond acceptors (Lipinski definition) is 3. The summed E-state index contributed by atoms with van der Waals surface area (Å²) in [6.07, 6.45) is 5.35. The summed E-state index contributed by atoms with van der Waals surface area (Å²) in [5.74, 6) is 0. The van der Waals surface area contributed by atoms with Gasteiger partial charge in [0, 0.05) is 17.6 Å². The van der Waals surface area contributed by atoms with E-state index < -0.39 is 0 Å². The van der Waals surface area contributed by atoms with Gasteiger partial charge in [0.1, 0.15) is 0 Å². The molecule has 2 unspecified atom stereocenters. The fraction of sp³-hybridized carbons (Fsp3) is 0.353. The topological polar surface area (TPSA) is 25.4 Å².